The predicted octanol–water partition coefficient (Wildman–Crippen LogP) is 4.77. The van der Waals surface area contributed by atoms with Crippen LogP contribution < -0.4 is 0 Å². The van der Waals surface area contributed by atoms with Gasteiger partial charge in [-0.3, -0.25) is 4.79 Å². The molecular weight excluding hydrogens is 368 g/mol. The van der Waals surface area contributed by atoms with Crippen LogP contribution in [0.4, 0.5) is 0 Å². The van der Waals surface area contributed by atoms with E-state index in [1.807, 2.05) is 27.7 Å². The highest BCUT2D eigenvalue weighted by Gasteiger charge is 2.65. The summed E-state index contributed by atoms with van der Waals surface area (Å²) in [6.45, 7) is 12.9. The van der Waals surface area contributed by atoms with E-state index in [-0.39, 0.29) is 18.0 Å². The molecule has 0 aliphatic heterocycles. The fourth-order valence-corrected chi connectivity index (χ4v) is 6.45. The van der Waals surface area contributed by atoms with Crippen molar-refractivity contribution in [2.75, 3.05) is 19.8 Å². The van der Waals surface area contributed by atoms with Crippen molar-refractivity contribution in [1.82, 2.24) is 0 Å². The molecule has 0 unspecified atom stereocenters. The molecule has 4 fully saturated rings. The first-order valence-corrected chi connectivity index (χ1v) is 11.5. The number of esters is 2. The van der Waals surface area contributed by atoms with Crippen LogP contribution in [0.25, 0.3) is 0 Å². The largest absolute Gasteiger partial charge is 0.455 e. The summed E-state index contributed by atoms with van der Waals surface area (Å²) in [7, 11) is 0. The Morgan fingerprint density at radius 3 is 1.97 bits per heavy atom. The van der Waals surface area contributed by atoms with Gasteiger partial charge in [0.2, 0.25) is 0 Å². The molecule has 5 heteroatoms. The fraction of sp³-hybridized carbons (Fsp3) is 0.917. The Kier molecular flexibility index (Phi) is 6.39. The van der Waals surface area contributed by atoms with Gasteiger partial charge in [0.1, 0.15) is 5.60 Å². The summed E-state index contributed by atoms with van der Waals surface area (Å²) in [6, 6.07) is 0. The normalized spacial score (nSPS) is 33.6. The minimum atomic E-state index is -0.588. The van der Waals surface area contributed by atoms with Gasteiger partial charge in [0.25, 0.3) is 0 Å². The van der Waals surface area contributed by atoms with Crippen LogP contribution in [0.5, 0.6) is 0 Å². The summed E-state index contributed by atoms with van der Waals surface area (Å²) in [5, 5.41) is 0. The van der Waals surface area contributed by atoms with Gasteiger partial charge in [-0.2, -0.15) is 0 Å². The summed E-state index contributed by atoms with van der Waals surface area (Å²) in [5.74, 6) is 1.54. The SMILES string of the molecule is CCOCC(C)(C)C1(OC(=O)COC(=O)C(C)(C)CC)C2CC3CC(C2)CC1C3. The predicted molar refractivity (Wildman–Crippen MR) is 111 cm³/mol. The summed E-state index contributed by atoms with van der Waals surface area (Å²) < 4.78 is 17.6. The van der Waals surface area contributed by atoms with Crippen LogP contribution >= 0.6 is 0 Å². The van der Waals surface area contributed by atoms with Gasteiger partial charge in [0.15, 0.2) is 6.61 Å². The molecule has 0 aromatic heterocycles. The number of hydrogen-bond donors (Lipinski definition) is 0. The lowest BCUT2D eigenvalue weighted by molar-refractivity contribution is -0.257. The third-order valence-electron chi connectivity index (χ3n) is 8.12. The molecule has 4 aliphatic carbocycles. The van der Waals surface area contributed by atoms with E-state index < -0.39 is 17.0 Å². The topological polar surface area (TPSA) is 61.8 Å². The minimum Gasteiger partial charge on any atom is -0.455 e. The van der Waals surface area contributed by atoms with Crippen molar-refractivity contribution in [2.45, 2.75) is 85.7 Å². The zero-order valence-corrected chi connectivity index (χ0v) is 19.2. The van der Waals surface area contributed by atoms with Crippen LogP contribution in [0, 0.1) is 34.5 Å². The van der Waals surface area contributed by atoms with Crippen LogP contribution in [-0.4, -0.2) is 37.4 Å². The lowest BCUT2D eigenvalue weighted by Crippen LogP contribution is -2.67. The lowest BCUT2D eigenvalue weighted by Gasteiger charge is -2.64. The number of ether oxygens (including phenoxy) is 3. The van der Waals surface area contributed by atoms with Gasteiger partial charge in [0, 0.05) is 23.9 Å². The number of rotatable bonds is 9. The van der Waals surface area contributed by atoms with E-state index in [1.165, 1.54) is 6.42 Å². The van der Waals surface area contributed by atoms with Gasteiger partial charge in [-0.1, -0.05) is 20.8 Å². The molecular formula is C24H40O5. The Morgan fingerprint density at radius 1 is 0.931 bits per heavy atom. The monoisotopic (exact) mass is 408 g/mol. The molecule has 0 amide bonds. The molecule has 0 aromatic carbocycles. The van der Waals surface area contributed by atoms with Gasteiger partial charge in [-0.05, 0) is 71.1 Å². The zero-order chi connectivity index (χ0) is 21.4. The molecule has 0 spiro atoms. The van der Waals surface area contributed by atoms with Crippen molar-refractivity contribution >= 4 is 11.9 Å². The average molecular weight is 409 g/mol. The Bertz CT molecular complexity index is 593. The van der Waals surface area contributed by atoms with E-state index in [2.05, 4.69) is 13.8 Å². The number of hydrogen-bond acceptors (Lipinski definition) is 5. The van der Waals surface area contributed by atoms with Crippen molar-refractivity contribution < 1.29 is 23.8 Å². The molecule has 4 aliphatic rings. The van der Waals surface area contributed by atoms with E-state index in [9.17, 15) is 9.59 Å². The highest BCUT2D eigenvalue weighted by molar-refractivity contribution is 5.80. The quantitative estimate of drug-likeness (QED) is 0.515. The first-order valence-electron chi connectivity index (χ1n) is 11.5. The summed E-state index contributed by atoms with van der Waals surface area (Å²) in [6.07, 6.45) is 6.56. The van der Waals surface area contributed by atoms with Crippen LogP contribution in [0.15, 0.2) is 0 Å². The number of carbonyl (C=O) groups is 2. The van der Waals surface area contributed by atoms with Gasteiger partial charge >= 0.3 is 11.9 Å². The van der Waals surface area contributed by atoms with E-state index >= 15 is 0 Å². The molecule has 0 radical (unpaired) electrons. The van der Waals surface area contributed by atoms with Gasteiger partial charge in [-0.15, -0.1) is 0 Å². The molecule has 0 N–H and O–H groups in total. The Labute approximate surface area is 176 Å². The van der Waals surface area contributed by atoms with Crippen LogP contribution in [0.3, 0.4) is 0 Å². The fourth-order valence-electron chi connectivity index (χ4n) is 6.45. The van der Waals surface area contributed by atoms with Gasteiger partial charge in [0.05, 0.1) is 12.0 Å². The second-order valence-corrected chi connectivity index (χ2v) is 10.9. The summed E-state index contributed by atoms with van der Waals surface area (Å²) >= 11 is 0. The molecule has 4 bridgehead atoms. The molecule has 4 rings (SSSR count). The standard InChI is InChI=1S/C24H40O5/c1-7-22(3,4)21(26)28-14-20(25)29-24(23(5,6)15-27-8-2)18-10-16-9-17(12-18)13-19(24)11-16/h16-19H,7-15H2,1-6H3. The molecule has 0 atom stereocenters. The van der Waals surface area contributed by atoms with Crippen LogP contribution in [0.1, 0.15) is 80.1 Å². The van der Waals surface area contributed by atoms with Crippen LogP contribution in [-0.2, 0) is 23.8 Å². The summed E-state index contributed by atoms with van der Waals surface area (Å²) in [5.41, 5.74) is -1.40. The Balaban J connectivity index is 1.78. The zero-order valence-electron chi connectivity index (χ0n) is 19.2. The molecule has 0 heterocycles. The molecule has 4 saturated carbocycles. The van der Waals surface area contributed by atoms with Crippen molar-refractivity contribution in [1.29, 1.82) is 0 Å². The van der Waals surface area contributed by atoms with Crippen molar-refractivity contribution in [3.05, 3.63) is 0 Å². The minimum absolute atomic E-state index is 0.284. The highest BCUT2D eigenvalue weighted by atomic mass is 16.6. The number of carbonyl (C=O) groups excluding carboxylic acids is 2. The average Bonchev–Trinajstić information content (AvgIpc) is 2.66. The maximum atomic E-state index is 12.9. The second kappa shape index (κ2) is 8.20. The van der Waals surface area contributed by atoms with Gasteiger partial charge < -0.3 is 14.2 Å². The summed E-state index contributed by atoms with van der Waals surface area (Å²) in [4.78, 5) is 25.2. The lowest BCUT2D eigenvalue weighted by atomic mass is 9.44. The second-order valence-electron chi connectivity index (χ2n) is 10.9. The maximum absolute atomic E-state index is 12.9. The molecule has 29 heavy (non-hydrogen) atoms. The first-order chi connectivity index (χ1) is 13.6. The smallest absolute Gasteiger partial charge is 0.344 e. The Hall–Kier alpha value is -1.10. The molecule has 0 saturated heterocycles. The molecule has 5 nitrogen and oxygen atoms in total. The maximum Gasteiger partial charge on any atom is 0.344 e. The van der Waals surface area contributed by atoms with E-state index in [0.717, 1.165) is 37.5 Å². The van der Waals surface area contributed by atoms with Gasteiger partial charge in [-0.25, -0.2) is 4.79 Å². The van der Waals surface area contributed by atoms with Crippen molar-refractivity contribution in [2.24, 2.45) is 34.5 Å². The first kappa shape index (κ1) is 22.6. The molecule has 0 aromatic rings. The molecule has 166 valence electrons. The third kappa shape index (κ3) is 4.08. The highest BCUT2D eigenvalue weighted by Crippen LogP contribution is 2.64. The van der Waals surface area contributed by atoms with Crippen molar-refractivity contribution in [3.8, 4) is 0 Å². The van der Waals surface area contributed by atoms with E-state index in [1.54, 1.807) is 0 Å². The Morgan fingerprint density at radius 2 is 1.48 bits per heavy atom. The van der Waals surface area contributed by atoms with E-state index in [4.69, 9.17) is 14.2 Å². The van der Waals surface area contributed by atoms with Crippen molar-refractivity contribution in [3.63, 3.8) is 0 Å². The van der Waals surface area contributed by atoms with E-state index in [0.29, 0.717) is 31.5 Å². The van der Waals surface area contributed by atoms with Crippen LogP contribution in [0.2, 0.25) is 0 Å². The third-order valence-corrected chi connectivity index (χ3v) is 8.12.